The van der Waals surface area contributed by atoms with Crippen molar-refractivity contribution in [3.63, 3.8) is 0 Å². The van der Waals surface area contributed by atoms with Crippen LogP contribution in [-0.4, -0.2) is 27.9 Å². The van der Waals surface area contributed by atoms with Crippen LogP contribution >= 0.6 is 15.9 Å². The molecule has 1 N–H and O–H groups in total. The molecule has 1 atom stereocenters. The highest BCUT2D eigenvalue weighted by Crippen LogP contribution is 2.22. The molecule has 0 radical (unpaired) electrons. The van der Waals surface area contributed by atoms with E-state index < -0.39 is 0 Å². The van der Waals surface area contributed by atoms with E-state index in [0.29, 0.717) is 6.04 Å². The summed E-state index contributed by atoms with van der Waals surface area (Å²) in [6.07, 6.45) is 3.67. The van der Waals surface area contributed by atoms with Crippen LogP contribution in [0.4, 0.5) is 0 Å². The summed E-state index contributed by atoms with van der Waals surface area (Å²) in [5, 5.41) is 7.79. The number of aromatic nitrogens is 3. The van der Waals surface area contributed by atoms with Crippen LogP contribution in [0.25, 0.3) is 0 Å². The van der Waals surface area contributed by atoms with Gasteiger partial charge in [0.05, 0.1) is 15.9 Å². The Balaban J connectivity index is 2.11. The van der Waals surface area contributed by atoms with E-state index in [1.54, 1.807) is 0 Å². The van der Waals surface area contributed by atoms with E-state index in [-0.39, 0.29) is 0 Å². The molecule has 2 rings (SSSR count). The maximum atomic E-state index is 4.43. The van der Waals surface area contributed by atoms with Gasteiger partial charge in [-0.3, -0.25) is 9.67 Å². The Morgan fingerprint density at radius 3 is 2.68 bits per heavy atom. The number of halogens is 1. The van der Waals surface area contributed by atoms with Crippen LogP contribution in [-0.2, 0) is 19.9 Å². The topological polar surface area (TPSA) is 42.7 Å². The highest BCUT2D eigenvalue weighted by atomic mass is 79.9. The van der Waals surface area contributed by atoms with E-state index in [4.69, 9.17) is 0 Å². The summed E-state index contributed by atoms with van der Waals surface area (Å²) in [6, 6.07) is 6.38. The summed E-state index contributed by atoms with van der Waals surface area (Å²) in [4.78, 5) is 4.38. The summed E-state index contributed by atoms with van der Waals surface area (Å²) < 4.78 is 3.05. The van der Waals surface area contributed by atoms with Crippen molar-refractivity contribution < 1.29 is 0 Å². The predicted octanol–water partition coefficient (Wildman–Crippen LogP) is 2.26. The standard InChI is InChI=1S/C14H19BrN4/c1-10-14(15)13(19(3)18-10)9-12(16-2)8-11-6-4-5-7-17-11/h4-7,12,16H,8-9H2,1-3H3. The number of pyridine rings is 1. The van der Waals surface area contributed by atoms with Crippen molar-refractivity contribution in [1.82, 2.24) is 20.1 Å². The SMILES string of the molecule is CNC(Cc1ccccn1)Cc1c(Br)c(C)nn1C. The minimum absolute atomic E-state index is 0.348. The lowest BCUT2D eigenvalue weighted by atomic mass is 10.1. The Morgan fingerprint density at radius 2 is 2.16 bits per heavy atom. The number of hydrogen-bond donors (Lipinski definition) is 1. The average Bonchev–Trinajstić information content (AvgIpc) is 2.65. The highest BCUT2D eigenvalue weighted by Gasteiger charge is 2.16. The molecule has 0 bridgehead atoms. The predicted molar refractivity (Wildman–Crippen MR) is 80.1 cm³/mol. The maximum Gasteiger partial charge on any atom is 0.0738 e. The van der Waals surface area contributed by atoms with Gasteiger partial charge in [0, 0.05) is 37.8 Å². The van der Waals surface area contributed by atoms with Crippen LogP contribution in [0.15, 0.2) is 28.9 Å². The summed E-state index contributed by atoms with van der Waals surface area (Å²) in [5.74, 6) is 0. The molecule has 19 heavy (non-hydrogen) atoms. The minimum atomic E-state index is 0.348. The van der Waals surface area contributed by atoms with Crippen LogP contribution in [0.5, 0.6) is 0 Å². The molecular formula is C14H19BrN4. The van der Waals surface area contributed by atoms with Gasteiger partial charge in [-0.15, -0.1) is 0 Å². The van der Waals surface area contributed by atoms with Crippen molar-refractivity contribution >= 4 is 15.9 Å². The van der Waals surface area contributed by atoms with E-state index in [0.717, 1.165) is 28.7 Å². The summed E-state index contributed by atoms with van der Waals surface area (Å²) >= 11 is 3.62. The molecule has 0 aliphatic heterocycles. The molecular weight excluding hydrogens is 304 g/mol. The summed E-state index contributed by atoms with van der Waals surface area (Å²) in [5.41, 5.74) is 3.36. The minimum Gasteiger partial charge on any atom is -0.316 e. The van der Waals surface area contributed by atoms with E-state index in [1.165, 1.54) is 5.69 Å². The highest BCUT2D eigenvalue weighted by molar-refractivity contribution is 9.10. The molecule has 2 aromatic heterocycles. The largest absolute Gasteiger partial charge is 0.316 e. The Morgan fingerprint density at radius 1 is 1.37 bits per heavy atom. The zero-order valence-corrected chi connectivity index (χ0v) is 13.1. The van der Waals surface area contributed by atoms with Gasteiger partial charge in [0.25, 0.3) is 0 Å². The first kappa shape index (κ1) is 14.2. The van der Waals surface area contributed by atoms with Crippen LogP contribution in [0.1, 0.15) is 17.1 Å². The lowest BCUT2D eigenvalue weighted by molar-refractivity contribution is 0.528. The molecule has 4 nitrogen and oxygen atoms in total. The van der Waals surface area contributed by atoms with E-state index in [9.17, 15) is 0 Å². The van der Waals surface area contributed by atoms with Crippen LogP contribution < -0.4 is 5.32 Å². The van der Waals surface area contributed by atoms with Crippen LogP contribution in [0, 0.1) is 6.92 Å². The number of nitrogens with zero attached hydrogens (tertiary/aromatic N) is 3. The number of aryl methyl sites for hydroxylation is 2. The van der Waals surface area contributed by atoms with Crippen molar-refractivity contribution in [3.05, 3.63) is 46.0 Å². The first-order valence-electron chi connectivity index (χ1n) is 6.37. The number of likely N-dealkylation sites (N-methyl/N-ethyl adjacent to an activating group) is 1. The fourth-order valence-electron chi connectivity index (χ4n) is 2.18. The van der Waals surface area contributed by atoms with Gasteiger partial charge >= 0.3 is 0 Å². The van der Waals surface area contributed by atoms with E-state index in [2.05, 4.69) is 37.4 Å². The third kappa shape index (κ3) is 3.42. The lowest BCUT2D eigenvalue weighted by Gasteiger charge is -2.16. The van der Waals surface area contributed by atoms with Crippen LogP contribution in [0.3, 0.4) is 0 Å². The van der Waals surface area contributed by atoms with E-state index in [1.807, 2.05) is 44.0 Å². The third-order valence-electron chi connectivity index (χ3n) is 3.29. The zero-order chi connectivity index (χ0) is 13.8. The second-order valence-electron chi connectivity index (χ2n) is 4.68. The quantitative estimate of drug-likeness (QED) is 0.918. The normalized spacial score (nSPS) is 12.6. The second-order valence-corrected chi connectivity index (χ2v) is 5.48. The van der Waals surface area contributed by atoms with Crippen molar-refractivity contribution in [2.45, 2.75) is 25.8 Å². The molecule has 0 aliphatic carbocycles. The van der Waals surface area contributed by atoms with Gasteiger partial charge in [-0.05, 0) is 42.0 Å². The zero-order valence-electron chi connectivity index (χ0n) is 11.5. The molecule has 0 saturated carbocycles. The van der Waals surface area contributed by atoms with Gasteiger partial charge in [-0.25, -0.2) is 0 Å². The fraction of sp³-hybridized carbons (Fsp3) is 0.429. The molecule has 0 spiro atoms. The van der Waals surface area contributed by atoms with Crippen molar-refractivity contribution in [1.29, 1.82) is 0 Å². The first-order valence-corrected chi connectivity index (χ1v) is 7.16. The Kier molecular flexibility index (Phi) is 4.71. The third-order valence-corrected chi connectivity index (χ3v) is 4.32. The van der Waals surface area contributed by atoms with Gasteiger partial charge in [0.15, 0.2) is 0 Å². The summed E-state index contributed by atoms with van der Waals surface area (Å²) in [6.45, 7) is 2.01. The van der Waals surface area contributed by atoms with E-state index >= 15 is 0 Å². The molecule has 0 aromatic carbocycles. The average molecular weight is 323 g/mol. The molecule has 2 heterocycles. The van der Waals surface area contributed by atoms with Crippen molar-refractivity contribution in [3.8, 4) is 0 Å². The van der Waals surface area contributed by atoms with Gasteiger partial charge < -0.3 is 5.32 Å². The maximum absolute atomic E-state index is 4.43. The molecule has 2 aromatic rings. The molecule has 5 heteroatoms. The Hall–Kier alpha value is -1.20. The second kappa shape index (κ2) is 6.30. The molecule has 102 valence electrons. The molecule has 0 amide bonds. The van der Waals surface area contributed by atoms with Crippen molar-refractivity contribution in [2.24, 2.45) is 7.05 Å². The number of nitrogens with one attached hydrogen (secondary N) is 1. The lowest BCUT2D eigenvalue weighted by Crippen LogP contribution is -2.31. The van der Waals surface area contributed by atoms with Crippen LogP contribution in [0.2, 0.25) is 0 Å². The Bertz CT molecular complexity index is 536. The fourth-order valence-corrected chi connectivity index (χ4v) is 2.68. The van der Waals surface area contributed by atoms with Crippen molar-refractivity contribution in [2.75, 3.05) is 7.05 Å². The molecule has 0 saturated heterocycles. The monoisotopic (exact) mass is 322 g/mol. The summed E-state index contributed by atoms with van der Waals surface area (Å²) in [7, 11) is 3.98. The Labute approximate surface area is 122 Å². The molecule has 0 aliphatic rings. The first-order chi connectivity index (χ1) is 9.11. The molecule has 1 unspecified atom stereocenters. The van der Waals surface area contributed by atoms with Gasteiger partial charge in [-0.1, -0.05) is 6.07 Å². The van der Waals surface area contributed by atoms with Gasteiger partial charge in [-0.2, -0.15) is 5.10 Å². The molecule has 0 fully saturated rings. The van der Waals surface area contributed by atoms with Gasteiger partial charge in [0.2, 0.25) is 0 Å². The van der Waals surface area contributed by atoms with Gasteiger partial charge in [0.1, 0.15) is 0 Å². The number of hydrogen-bond acceptors (Lipinski definition) is 3. The number of rotatable bonds is 5. The smallest absolute Gasteiger partial charge is 0.0738 e.